The molecule has 0 radical (unpaired) electrons. The lowest BCUT2D eigenvalue weighted by atomic mass is 10.2. The Labute approximate surface area is 130 Å². The lowest BCUT2D eigenvalue weighted by molar-refractivity contribution is 0.423. The lowest BCUT2D eigenvalue weighted by Gasteiger charge is -2.11. The van der Waals surface area contributed by atoms with Gasteiger partial charge >= 0.3 is 0 Å². The molecule has 1 aromatic carbocycles. The number of benzene rings is 1. The Bertz CT molecular complexity index is 594. The van der Waals surface area contributed by atoms with Crippen LogP contribution in [-0.4, -0.2) is 20.2 Å². The van der Waals surface area contributed by atoms with Crippen molar-refractivity contribution < 1.29 is 0 Å². The molecule has 0 spiro atoms. The molecule has 5 nitrogen and oxygen atoms in total. The van der Waals surface area contributed by atoms with E-state index in [-0.39, 0.29) is 0 Å². The summed E-state index contributed by atoms with van der Waals surface area (Å²) in [5, 5.41) is 13.0. The highest BCUT2D eigenvalue weighted by atomic mass is 79.9. The summed E-state index contributed by atoms with van der Waals surface area (Å²) < 4.78 is 3.01. The highest BCUT2D eigenvalue weighted by Gasteiger charge is 2.22. The average Bonchev–Trinajstić information content (AvgIpc) is 3.11. The second-order valence-electron chi connectivity index (χ2n) is 4.92. The first-order valence-corrected chi connectivity index (χ1v) is 8.33. The van der Waals surface area contributed by atoms with Crippen LogP contribution in [0.1, 0.15) is 37.3 Å². The Morgan fingerprint density at radius 3 is 2.85 bits per heavy atom. The summed E-state index contributed by atoms with van der Waals surface area (Å²) >= 11 is 5.18. The minimum atomic E-state index is 0.453. The number of hydrogen-bond acceptors (Lipinski definition) is 5. The van der Waals surface area contributed by atoms with Crippen LogP contribution in [0, 0.1) is 0 Å². The molecule has 106 valence electrons. The van der Waals surface area contributed by atoms with Gasteiger partial charge in [-0.15, -0.1) is 5.10 Å². The Hall–Kier alpha value is -0.920. The number of aromatic nitrogens is 4. The van der Waals surface area contributed by atoms with Crippen molar-refractivity contribution in [3.8, 4) is 0 Å². The topological polar surface area (TPSA) is 69.6 Å². The molecule has 0 saturated heterocycles. The molecule has 0 amide bonds. The standard InChI is InChI=1S/C13H16BrN5S/c14-11-7-9(8-15)5-6-12(11)20-13-16-17-18-19(13)10-3-1-2-4-10/h5-7,10H,1-4,8,15H2. The van der Waals surface area contributed by atoms with Gasteiger partial charge in [0, 0.05) is 15.9 Å². The van der Waals surface area contributed by atoms with Gasteiger partial charge in [-0.3, -0.25) is 0 Å². The molecule has 1 aliphatic rings. The number of nitrogens with zero attached hydrogens (tertiary/aromatic N) is 4. The number of nitrogens with two attached hydrogens (primary N) is 1. The maximum Gasteiger partial charge on any atom is 0.214 e. The third kappa shape index (κ3) is 2.89. The van der Waals surface area contributed by atoms with Gasteiger partial charge in [0.05, 0.1) is 6.04 Å². The van der Waals surface area contributed by atoms with Crippen molar-refractivity contribution in [1.29, 1.82) is 0 Å². The predicted octanol–water partition coefficient (Wildman–Crippen LogP) is 3.16. The van der Waals surface area contributed by atoms with Crippen molar-refractivity contribution in [3.05, 3.63) is 28.2 Å². The van der Waals surface area contributed by atoms with Crippen LogP contribution >= 0.6 is 27.7 Å². The maximum atomic E-state index is 5.65. The van der Waals surface area contributed by atoms with Crippen molar-refractivity contribution in [2.24, 2.45) is 5.73 Å². The largest absolute Gasteiger partial charge is 0.326 e. The SMILES string of the molecule is NCc1ccc(Sc2nnnn2C2CCCC2)c(Br)c1. The molecule has 0 atom stereocenters. The van der Waals surface area contributed by atoms with Crippen molar-refractivity contribution in [3.63, 3.8) is 0 Å². The first-order chi connectivity index (χ1) is 9.78. The number of halogens is 1. The molecule has 2 N–H and O–H groups in total. The van der Waals surface area contributed by atoms with Gasteiger partial charge in [0.2, 0.25) is 5.16 Å². The number of tetrazole rings is 1. The van der Waals surface area contributed by atoms with Crippen LogP contribution in [0.3, 0.4) is 0 Å². The van der Waals surface area contributed by atoms with Gasteiger partial charge in [-0.05, 0) is 68.7 Å². The summed E-state index contributed by atoms with van der Waals surface area (Å²) in [4.78, 5) is 1.11. The Kier molecular flexibility index (Phi) is 4.38. The van der Waals surface area contributed by atoms with E-state index in [9.17, 15) is 0 Å². The van der Waals surface area contributed by atoms with Gasteiger partial charge in [0.15, 0.2) is 0 Å². The van der Waals surface area contributed by atoms with Crippen LogP contribution < -0.4 is 5.73 Å². The molecule has 2 aromatic rings. The normalized spacial score (nSPS) is 15.9. The van der Waals surface area contributed by atoms with Gasteiger partial charge < -0.3 is 5.73 Å². The minimum absolute atomic E-state index is 0.453. The van der Waals surface area contributed by atoms with Crippen LogP contribution in [0.5, 0.6) is 0 Å². The minimum Gasteiger partial charge on any atom is -0.326 e. The van der Waals surface area contributed by atoms with Gasteiger partial charge in [-0.1, -0.05) is 18.9 Å². The molecule has 1 saturated carbocycles. The van der Waals surface area contributed by atoms with E-state index < -0.39 is 0 Å². The van der Waals surface area contributed by atoms with E-state index in [4.69, 9.17) is 5.73 Å². The first-order valence-electron chi connectivity index (χ1n) is 6.72. The van der Waals surface area contributed by atoms with E-state index in [1.165, 1.54) is 25.7 Å². The summed E-state index contributed by atoms with van der Waals surface area (Å²) in [6, 6.07) is 6.60. The van der Waals surface area contributed by atoms with Crippen LogP contribution in [0.15, 0.2) is 32.7 Å². The lowest BCUT2D eigenvalue weighted by Crippen LogP contribution is -2.08. The van der Waals surface area contributed by atoms with E-state index in [0.717, 1.165) is 20.1 Å². The molecule has 0 aliphatic heterocycles. The summed E-state index contributed by atoms with van der Waals surface area (Å²) in [5.74, 6) is 0. The summed E-state index contributed by atoms with van der Waals surface area (Å²) in [6.45, 7) is 0.545. The monoisotopic (exact) mass is 353 g/mol. The van der Waals surface area contributed by atoms with E-state index in [1.807, 2.05) is 16.8 Å². The van der Waals surface area contributed by atoms with Crippen LogP contribution in [0.2, 0.25) is 0 Å². The smallest absolute Gasteiger partial charge is 0.214 e. The van der Waals surface area contributed by atoms with Gasteiger partial charge in [0.25, 0.3) is 0 Å². The molecular weight excluding hydrogens is 338 g/mol. The molecule has 0 bridgehead atoms. The molecule has 7 heteroatoms. The van der Waals surface area contributed by atoms with Crippen LogP contribution in [-0.2, 0) is 6.54 Å². The van der Waals surface area contributed by atoms with E-state index in [1.54, 1.807) is 11.8 Å². The molecule has 1 aliphatic carbocycles. The molecule has 1 fully saturated rings. The van der Waals surface area contributed by atoms with Gasteiger partial charge in [0.1, 0.15) is 0 Å². The first kappa shape index (κ1) is 14.0. The fourth-order valence-corrected chi connectivity index (χ4v) is 4.00. The third-order valence-corrected chi connectivity index (χ3v) is 5.51. The Balaban J connectivity index is 1.83. The van der Waals surface area contributed by atoms with Crippen molar-refractivity contribution >= 4 is 27.7 Å². The molecule has 1 heterocycles. The number of rotatable bonds is 4. The zero-order valence-electron chi connectivity index (χ0n) is 11.0. The second kappa shape index (κ2) is 6.24. The highest BCUT2D eigenvalue weighted by molar-refractivity contribution is 9.10. The van der Waals surface area contributed by atoms with E-state index in [2.05, 4.69) is 37.5 Å². The van der Waals surface area contributed by atoms with Crippen LogP contribution in [0.4, 0.5) is 0 Å². The predicted molar refractivity (Wildman–Crippen MR) is 81.5 cm³/mol. The van der Waals surface area contributed by atoms with Crippen molar-refractivity contribution in [1.82, 2.24) is 20.2 Å². The Morgan fingerprint density at radius 1 is 1.35 bits per heavy atom. The molecule has 1 aromatic heterocycles. The second-order valence-corrected chi connectivity index (χ2v) is 6.78. The summed E-state index contributed by atoms with van der Waals surface area (Å²) in [6.07, 6.45) is 4.88. The Morgan fingerprint density at radius 2 is 2.15 bits per heavy atom. The van der Waals surface area contributed by atoms with Crippen molar-refractivity contribution in [2.45, 2.75) is 48.3 Å². The van der Waals surface area contributed by atoms with Crippen LogP contribution in [0.25, 0.3) is 0 Å². The molecule has 0 unspecified atom stereocenters. The van der Waals surface area contributed by atoms with Crippen molar-refractivity contribution in [2.75, 3.05) is 0 Å². The third-order valence-electron chi connectivity index (χ3n) is 3.57. The van der Waals surface area contributed by atoms with E-state index >= 15 is 0 Å². The van der Waals surface area contributed by atoms with Gasteiger partial charge in [-0.2, -0.15) is 0 Å². The molecule has 3 rings (SSSR count). The quantitative estimate of drug-likeness (QED) is 0.913. The zero-order chi connectivity index (χ0) is 13.9. The average molecular weight is 354 g/mol. The number of hydrogen-bond donors (Lipinski definition) is 1. The maximum absolute atomic E-state index is 5.65. The molecular formula is C13H16BrN5S. The summed E-state index contributed by atoms with van der Waals surface area (Å²) in [5.41, 5.74) is 6.76. The zero-order valence-corrected chi connectivity index (χ0v) is 13.4. The molecule has 20 heavy (non-hydrogen) atoms. The fourth-order valence-electron chi connectivity index (χ4n) is 2.48. The fraction of sp³-hybridized carbons (Fsp3) is 0.462. The van der Waals surface area contributed by atoms with E-state index in [0.29, 0.717) is 12.6 Å². The highest BCUT2D eigenvalue weighted by Crippen LogP contribution is 2.36. The van der Waals surface area contributed by atoms with Gasteiger partial charge in [-0.25, -0.2) is 4.68 Å². The summed E-state index contributed by atoms with van der Waals surface area (Å²) in [7, 11) is 0.